The fraction of sp³-hybridized carbons (Fsp3) is 0.647. The van der Waals surface area contributed by atoms with Gasteiger partial charge < -0.3 is 10.4 Å². The third-order valence-electron chi connectivity index (χ3n) is 4.34. The van der Waals surface area contributed by atoms with Crippen LogP contribution < -0.4 is 5.32 Å². The largest absolute Gasteiger partial charge is 0.385 e. The summed E-state index contributed by atoms with van der Waals surface area (Å²) in [5.74, 6) is 0. The van der Waals surface area contributed by atoms with Gasteiger partial charge in [0, 0.05) is 6.04 Å². The van der Waals surface area contributed by atoms with Crippen molar-refractivity contribution in [2.24, 2.45) is 0 Å². The monoisotopic (exact) mass is 261 g/mol. The predicted octanol–water partition coefficient (Wildman–Crippen LogP) is 3.38. The second kappa shape index (κ2) is 6.53. The second-order valence-corrected chi connectivity index (χ2v) is 5.81. The van der Waals surface area contributed by atoms with E-state index in [0.717, 1.165) is 44.2 Å². The summed E-state index contributed by atoms with van der Waals surface area (Å²) in [6.07, 6.45) is 6.19. The Labute approximate surface area is 117 Å². The highest BCUT2D eigenvalue weighted by atomic mass is 16.3. The summed E-state index contributed by atoms with van der Waals surface area (Å²) in [7, 11) is 0. The van der Waals surface area contributed by atoms with Crippen LogP contribution in [0.15, 0.2) is 24.3 Å². The fourth-order valence-electron chi connectivity index (χ4n) is 3.15. The van der Waals surface area contributed by atoms with Crippen molar-refractivity contribution in [3.63, 3.8) is 0 Å². The molecule has 0 spiro atoms. The standard InChI is InChI=1S/C17H27NO/c1-3-5-14-6-8-15(9-7-14)17(19)12-10-16(11-13-17)18-4-2/h6-9,16,18-19H,3-5,10-13H2,1-2H3. The van der Waals surface area contributed by atoms with Crippen LogP contribution in [0.5, 0.6) is 0 Å². The Morgan fingerprint density at radius 2 is 1.79 bits per heavy atom. The molecule has 1 saturated carbocycles. The molecule has 0 aromatic heterocycles. The zero-order valence-electron chi connectivity index (χ0n) is 12.3. The number of rotatable bonds is 5. The Kier molecular flexibility index (Phi) is 5.00. The molecule has 0 saturated heterocycles. The lowest BCUT2D eigenvalue weighted by Gasteiger charge is -2.36. The highest BCUT2D eigenvalue weighted by molar-refractivity contribution is 5.28. The van der Waals surface area contributed by atoms with Crippen molar-refractivity contribution in [3.05, 3.63) is 35.4 Å². The van der Waals surface area contributed by atoms with Gasteiger partial charge in [0.05, 0.1) is 5.60 Å². The molecule has 1 aliphatic rings. The van der Waals surface area contributed by atoms with Crippen LogP contribution in [0, 0.1) is 0 Å². The van der Waals surface area contributed by atoms with Crippen LogP contribution in [0.3, 0.4) is 0 Å². The highest BCUT2D eigenvalue weighted by Gasteiger charge is 2.34. The molecule has 2 nitrogen and oxygen atoms in total. The molecular formula is C17H27NO. The van der Waals surface area contributed by atoms with Gasteiger partial charge in [0.25, 0.3) is 0 Å². The first-order valence-electron chi connectivity index (χ1n) is 7.73. The fourth-order valence-corrected chi connectivity index (χ4v) is 3.15. The van der Waals surface area contributed by atoms with Crippen molar-refractivity contribution in [1.82, 2.24) is 5.32 Å². The minimum absolute atomic E-state index is 0.588. The quantitative estimate of drug-likeness (QED) is 0.851. The van der Waals surface area contributed by atoms with Crippen molar-refractivity contribution in [2.45, 2.75) is 64.0 Å². The molecule has 19 heavy (non-hydrogen) atoms. The Bertz CT molecular complexity index is 377. The van der Waals surface area contributed by atoms with Gasteiger partial charge in [-0.05, 0) is 49.8 Å². The molecule has 0 amide bonds. The SMILES string of the molecule is CCCc1ccc(C2(O)CCC(NCC)CC2)cc1. The number of aryl methyl sites for hydroxylation is 1. The molecule has 106 valence electrons. The van der Waals surface area contributed by atoms with Gasteiger partial charge in [-0.2, -0.15) is 0 Å². The summed E-state index contributed by atoms with van der Waals surface area (Å²) in [6.45, 7) is 5.37. The first-order chi connectivity index (χ1) is 9.18. The van der Waals surface area contributed by atoms with E-state index in [2.05, 4.69) is 43.4 Å². The third-order valence-corrected chi connectivity index (χ3v) is 4.34. The number of aliphatic hydroxyl groups is 1. The minimum Gasteiger partial charge on any atom is -0.385 e. The summed E-state index contributed by atoms with van der Waals surface area (Å²) in [5, 5.41) is 14.3. The molecule has 2 N–H and O–H groups in total. The van der Waals surface area contributed by atoms with E-state index >= 15 is 0 Å². The average molecular weight is 261 g/mol. The number of nitrogens with one attached hydrogen (secondary N) is 1. The van der Waals surface area contributed by atoms with Crippen molar-refractivity contribution in [3.8, 4) is 0 Å². The molecule has 2 heteroatoms. The molecule has 0 bridgehead atoms. The number of hydrogen-bond acceptors (Lipinski definition) is 2. The van der Waals surface area contributed by atoms with Crippen molar-refractivity contribution >= 4 is 0 Å². The van der Waals surface area contributed by atoms with E-state index in [1.54, 1.807) is 0 Å². The van der Waals surface area contributed by atoms with Crippen molar-refractivity contribution < 1.29 is 5.11 Å². The van der Waals surface area contributed by atoms with Crippen molar-refractivity contribution in [1.29, 1.82) is 0 Å². The maximum absolute atomic E-state index is 10.8. The first kappa shape index (κ1) is 14.5. The third kappa shape index (κ3) is 3.58. The zero-order chi connectivity index (χ0) is 13.7. The molecule has 2 rings (SSSR count). The van der Waals surface area contributed by atoms with E-state index in [1.165, 1.54) is 12.0 Å². The smallest absolute Gasteiger partial charge is 0.0897 e. The van der Waals surface area contributed by atoms with E-state index in [4.69, 9.17) is 0 Å². The molecule has 1 aliphatic carbocycles. The van der Waals surface area contributed by atoms with Crippen LogP contribution in [-0.4, -0.2) is 17.7 Å². The van der Waals surface area contributed by atoms with Crippen LogP contribution in [0.4, 0.5) is 0 Å². The molecule has 1 aromatic rings. The van der Waals surface area contributed by atoms with Gasteiger partial charge in [-0.3, -0.25) is 0 Å². The highest BCUT2D eigenvalue weighted by Crippen LogP contribution is 2.37. The summed E-state index contributed by atoms with van der Waals surface area (Å²) >= 11 is 0. The molecule has 0 heterocycles. The van der Waals surface area contributed by atoms with Gasteiger partial charge in [-0.15, -0.1) is 0 Å². The van der Waals surface area contributed by atoms with Gasteiger partial charge >= 0.3 is 0 Å². The lowest BCUT2D eigenvalue weighted by Crippen LogP contribution is -2.39. The minimum atomic E-state index is -0.601. The summed E-state index contributed by atoms with van der Waals surface area (Å²) in [4.78, 5) is 0. The van der Waals surface area contributed by atoms with Crippen LogP contribution >= 0.6 is 0 Å². The molecule has 1 fully saturated rings. The summed E-state index contributed by atoms with van der Waals surface area (Å²) < 4.78 is 0. The van der Waals surface area contributed by atoms with Gasteiger partial charge in [0.15, 0.2) is 0 Å². The van der Waals surface area contributed by atoms with E-state index in [-0.39, 0.29) is 0 Å². The lowest BCUT2D eigenvalue weighted by atomic mass is 9.77. The topological polar surface area (TPSA) is 32.3 Å². The normalized spacial score (nSPS) is 27.4. The first-order valence-corrected chi connectivity index (χ1v) is 7.73. The number of benzene rings is 1. The maximum atomic E-state index is 10.8. The van der Waals surface area contributed by atoms with Crippen molar-refractivity contribution in [2.75, 3.05) is 6.54 Å². The van der Waals surface area contributed by atoms with E-state index in [9.17, 15) is 5.11 Å². The zero-order valence-corrected chi connectivity index (χ0v) is 12.3. The Hall–Kier alpha value is -0.860. The molecule has 0 atom stereocenters. The molecule has 0 unspecified atom stereocenters. The Morgan fingerprint density at radius 1 is 1.16 bits per heavy atom. The maximum Gasteiger partial charge on any atom is 0.0897 e. The van der Waals surface area contributed by atoms with E-state index in [1.807, 2.05) is 0 Å². The molecule has 0 aliphatic heterocycles. The molecule has 1 aromatic carbocycles. The van der Waals surface area contributed by atoms with Crippen LogP contribution in [0.2, 0.25) is 0 Å². The van der Waals surface area contributed by atoms with Gasteiger partial charge in [0.2, 0.25) is 0 Å². The molecule has 0 radical (unpaired) electrons. The second-order valence-electron chi connectivity index (χ2n) is 5.81. The van der Waals surface area contributed by atoms with Gasteiger partial charge in [0.1, 0.15) is 0 Å². The Balaban J connectivity index is 2.00. The summed E-state index contributed by atoms with van der Waals surface area (Å²) in [6, 6.07) is 9.18. The summed E-state index contributed by atoms with van der Waals surface area (Å²) in [5.41, 5.74) is 1.87. The van der Waals surface area contributed by atoms with Gasteiger partial charge in [-0.25, -0.2) is 0 Å². The van der Waals surface area contributed by atoms with E-state index < -0.39 is 5.60 Å². The van der Waals surface area contributed by atoms with E-state index in [0.29, 0.717) is 6.04 Å². The van der Waals surface area contributed by atoms with Crippen LogP contribution in [-0.2, 0) is 12.0 Å². The van der Waals surface area contributed by atoms with Crippen LogP contribution in [0.25, 0.3) is 0 Å². The van der Waals surface area contributed by atoms with Gasteiger partial charge in [-0.1, -0.05) is 44.5 Å². The Morgan fingerprint density at radius 3 is 2.32 bits per heavy atom. The predicted molar refractivity (Wildman–Crippen MR) is 80.3 cm³/mol. The molecular weight excluding hydrogens is 234 g/mol. The van der Waals surface area contributed by atoms with Crippen LogP contribution in [0.1, 0.15) is 57.1 Å². The average Bonchev–Trinajstić information content (AvgIpc) is 2.43. The lowest BCUT2D eigenvalue weighted by molar-refractivity contribution is -0.00815. The number of hydrogen-bond donors (Lipinski definition) is 2.